The van der Waals surface area contributed by atoms with E-state index in [1.54, 1.807) is 18.5 Å². The Kier molecular flexibility index (Phi) is 4.92. The van der Waals surface area contributed by atoms with Gasteiger partial charge in [0.2, 0.25) is 0 Å². The van der Waals surface area contributed by atoms with Gasteiger partial charge in [-0.15, -0.1) is 0 Å². The summed E-state index contributed by atoms with van der Waals surface area (Å²) >= 11 is 0. The number of hydrogen-bond acceptors (Lipinski definition) is 4. The number of hydrogen-bond donors (Lipinski definition) is 1. The van der Waals surface area contributed by atoms with Gasteiger partial charge in [0.05, 0.1) is 17.7 Å². The first-order valence-corrected chi connectivity index (χ1v) is 8.68. The van der Waals surface area contributed by atoms with E-state index in [0.717, 1.165) is 17.4 Å². The van der Waals surface area contributed by atoms with Gasteiger partial charge in [0.15, 0.2) is 0 Å². The fourth-order valence-corrected chi connectivity index (χ4v) is 3.72. The topological polar surface area (TPSA) is 65.8 Å². The normalized spacial score (nSPS) is 18.7. The van der Waals surface area contributed by atoms with Gasteiger partial charge in [0, 0.05) is 50.2 Å². The Labute approximate surface area is 147 Å². The number of pyridine rings is 1. The summed E-state index contributed by atoms with van der Waals surface area (Å²) in [6.07, 6.45) is 0. The highest BCUT2D eigenvalue weighted by atomic mass is 16.3. The zero-order chi connectivity index (χ0) is 18.1. The van der Waals surface area contributed by atoms with Crippen molar-refractivity contribution in [1.29, 1.82) is 0 Å². The fourth-order valence-electron chi connectivity index (χ4n) is 3.72. The molecule has 0 aliphatic carbocycles. The molecule has 0 radical (unpaired) electrons. The van der Waals surface area contributed by atoms with Gasteiger partial charge in [0.25, 0.3) is 11.5 Å². The van der Waals surface area contributed by atoms with E-state index in [1.807, 2.05) is 29.2 Å². The minimum Gasteiger partial charge on any atom is -0.395 e. The monoisotopic (exact) mass is 343 g/mol. The molecule has 0 saturated carbocycles. The molecule has 1 aliphatic heterocycles. The Morgan fingerprint density at radius 2 is 2.00 bits per heavy atom. The Balaban J connectivity index is 2.00. The molecule has 6 nitrogen and oxygen atoms in total. The number of benzene rings is 1. The third kappa shape index (κ3) is 3.07. The molecule has 134 valence electrons. The lowest BCUT2D eigenvalue weighted by atomic mass is 10.0. The maximum absolute atomic E-state index is 13.2. The van der Waals surface area contributed by atoms with Gasteiger partial charge in [-0.3, -0.25) is 14.5 Å². The van der Waals surface area contributed by atoms with Crippen molar-refractivity contribution in [2.45, 2.75) is 19.9 Å². The number of β-amino-alcohol motifs (C(OH)–C–C–N with tert-alkyl or cyclic N) is 1. The summed E-state index contributed by atoms with van der Waals surface area (Å²) in [6, 6.07) is 7.73. The standard InChI is InChI=1S/C19H25N3O3/c1-13-12-22(9-8-21(13)10-11-23)19(25)17-14(2)18(24)20(3)16-7-5-4-6-15(16)17/h4-7,13,23H,8-12H2,1-3H3. The molecule has 1 fully saturated rings. The first-order valence-electron chi connectivity index (χ1n) is 8.68. The summed E-state index contributed by atoms with van der Waals surface area (Å²) in [5.41, 5.74) is 1.65. The lowest BCUT2D eigenvalue weighted by molar-refractivity contribution is 0.0471. The van der Waals surface area contributed by atoms with E-state index in [4.69, 9.17) is 5.11 Å². The number of rotatable bonds is 3. The van der Waals surface area contributed by atoms with Gasteiger partial charge in [-0.2, -0.15) is 0 Å². The molecule has 1 N–H and O–H groups in total. The van der Waals surface area contributed by atoms with Crippen LogP contribution >= 0.6 is 0 Å². The van der Waals surface area contributed by atoms with Crippen LogP contribution in [0.2, 0.25) is 0 Å². The van der Waals surface area contributed by atoms with Gasteiger partial charge in [-0.05, 0) is 19.9 Å². The Morgan fingerprint density at radius 3 is 2.68 bits per heavy atom. The van der Waals surface area contributed by atoms with Crippen molar-refractivity contribution >= 4 is 16.8 Å². The molecule has 1 aliphatic rings. The average molecular weight is 343 g/mol. The van der Waals surface area contributed by atoms with Crippen LogP contribution in [0.1, 0.15) is 22.8 Å². The Hall–Kier alpha value is -2.18. The van der Waals surface area contributed by atoms with Gasteiger partial charge in [0.1, 0.15) is 0 Å². The number of nitrogens with zero attached hydrogens (tertiary/aromatic N) is 3. The van der Waals surface area contributed by atoms with E-state index in [2.05, 4.69) is 11.8 Å². The number of amides is 1. The molecule has 1 aromatic carbocycles. The Bertz CT molecular complexity index is 859. The molecule has 6 heteroatoms. The molecule has 3 rings (SSSR count). The molecule has 1 unspecified atom stereocenters. The molecular weight excluding hydrogens is 318 g/mol. The zero-order valence-corrected chi connectivity index (χ0v) is 15.0. The summed E-state index contributed by atoms with van der Waals surface area (Å²) in [4.78, 5) is 29.8. The summed E-state index contributed by atoms with van der Waals surface area (Å²) < 4.78 is 1.60. The van der Waals surface area contributed by atoms with Crippen LogP contribution in [0.15, 0.2) is 29.1 Å². The van der Waals surface area contributed by atoms with Gasteiger partial charge in [-0.25, -0.2) is 0 Å². The second kappa shape index (κ2) is 6.98. The van der Waals surface area contributed by atoms with E-state index in [9.17, 15) is 9.59 Å². The van der Waals surface area contributed by atoms with E-state index < -0.39 is 0 Å². The van der Waals surface area contributed by atoms with Crippen molar-refractivity contribution in [2.24, 2.45) is 7.05 Å². The number of fused-ring (bicyclic) bond motifs is 1. The van der Waals surface area contributed by atoms with Gasteiger partial charge < -0.3 is 14.6 Å². The van der Waals surface area contributed by atoms with E-state index in [-0.39, 0.29) is 24.1 Å². The number of aryl methyl sites for hydroxylation is 1. The molecular formula is C19H25N3O3. The number of aromatic nitrogens is 1. The lowest BCUT2D eigenvalue weighted by Gasteiger charge is -2.39. The van der Waals surface area contributed by atoms with Crippen molar-refractivity contribution in [2.75, 3.05) is 32.8 Å². The third-order valence-electron chi connectivity index (χ3n) is 5.19. The maximum Gasteiger partial charge on any atom is 0.255 e. The summed E-state index contributed by atoms with van der Waals surface area (Å²) in [5.74, 6) is -0.0816. The first-order chi connectivity index (χ1) is 12.0. The van der Waals surface area contributed by atoms with Crippen LogP contribution in [0.3, 0.4) is 0 Å². The Morgan fingerprint density at radius 1 is 1.28 bits per heavy atom. The minimum atomic E-state index is -0.131. The molecule has 2 heterocycles. The third-order valence-corrected chi connectivity index (χ3v) is 5.19. The molecule has 25 heavy (non-hydrogen) atoms. The predicted molar refractivity (Wildman–Crippen MR) is 98.0 cm³/mol. The van der Waals surface area contributed by atoms with Crippen molar-refractivity contribution in [3.63, 3.8) is 0 Å². The van der Waals surface area contributed by atoms with Crippen LogP contribution in [0.4, 0.5) is 0 Å². The van der Waals surface area contributed by atoms with Gasteiger partial charge >= 0.3 is 0 Å². The van der Waals surface area contributed by atoms with Crippen molar-refractivity contribution in [3.8, 4) is 0 Å². The number of para-hydroxylation sites is 1. The molecule has 0 spiro atoms. The van der Waals surface area contributed by atoms with Crippen molar-refractivity contribution in [3.05, 3.63) is 45.7 Å². The van der Waals surface area contributed by atoms with Crippen LogP contribution in [0, 0.1) is 6.92 Å². The lowest BCUT2D eigenvalue weighted by Crippen LogP contribution is -2.54. The van der Waals surface area contributed by atoms with Crippen molar-refractivity contribution < 1.29 is 9.90 Å². The SMILES string of the molecule is Cc1c(C(=O)N2CCN(CCO)C(C)C2)c2ccccc2n(C)c1=O. The molecule has 0 bridgehead atoms. The summed E-state index contributed by atoms with van der Waals surface area (Å²) in [5, 5.41) is 9.96. The van der Waals surface area contributed by atoms with Crippen LogP contribution in [0.25, 0.3) is 10.9 Å². The molecule has 1 saturated heterocycles. The average Bonchev–Trinajstić information content (AvgIpc) is 2.61. The second-order valence-corrected chi connectivity index (χ2v) is 6.74. The van der Waals surface area contributed by atoms with Crippen LogP contribution in [-0.4, -0.2) is 64.2 Å². The molecule has 2 aromatic rings. The maximum atomic E-state index is 13.2. The minimum absolute atomic E-state index is 0.0816. The number of aliphatic hydroxyl groups is 1. The van der Waals surface area contributed by atoms with E-state index in [0.29, 0.717) is 30.8 Å². The predicted octanol–water partition coefficient (Wildman–Crippen LogP) is 0.986. The largest absolute Gasteiger partial charge is 0.395 e. The zero-order valence-electron chi connectivity index (χ0n) is 15.0. The van der Waals surface area contributed by atoms with Crippen LogP contribution in [0.5, 0.6) is 0 Å². The summed E-state index contributed by atoms with van der Waals surface area (Å²) in [6.45, 7) is 6.47. The fraction of sp³-hybridized carbons (Fsp3) is 0.474. The van der Waals surface area contributed by atoms with E-state index in [1.165, 1.54) is 0 Å². The first kappa shape index (κ1) is 17.6. The number of piperazine rings is 1. The second-order valence-electron chi connectivity index (χ2n) is 6.74. The summed E-state index contributed by atoms with van der Waals surface area (Å²) in [7, 11) is 1.74. The molecule has 1 atom stereocenters. The number of carbonyl (C=O) groups is 1. The number of aliphatic hydroxyl groups excluding tert-OH is 1. The van der Waals surface area contributed by atoms with Crippen LogP contribution < -0.4 is 5.56 Å². The quantitative estimate of drug-likeness (QED) is 0.902. The highest BCUT2D eigenvalue weighted by Gasteiger charge is 2.29. The molecule has 1 amide bonds. The van der Waals surface area contributed by atoms with Crippen molar-refractivity contribution in [1.82, 2.24) is 14.4 Å². The number of carbonyl (C=O) groups excluding carboxylic acids is 1. The highest BCUT2D eigenvalue weighted by Crippen LogP contribution is 2.22. The smallest absolute Gasteiger partial charge is 0.255 e. The van der Waals surface area contributed by atoms with Crippen LogP contribution in [-0.2, 0) is 7.05 Å². The highest BCUT2D eigenvalue weighted by molar-refractivity contribution is 6.07. The molecule has 1 aromatic heterocycles. The van der Waals surface area contributed by atoms with E-state index >= 15 is 0 Å². The van der Waals surface area contributed by atoms with Gasteiger partial charge in [-0.1, -0.05) is 18.2 Å².